The highest BCUT2D eigenvalue weighted by atomic mass is 35.5. The van der Waals surface area contributed by atoms with E-state index in [4.69, 9.17) is 20.8 Å². The van der Waals surface area contributed by atoms with E-state index in [1.807, 2.05) is 0 Å². The van der Waals surface area contributed by atoms with Crippen molar-refractivity contribution in [3.05, 3.63) is 94.4 Å². The number of Topliss-reactive ketones (excluding diaryl/α,β-unsaturated/α-hetero) is 1. The first-order chi connectivity index (χ1) is 14.5. The molecular formula is C23H18ClNO5. The summed E-state index contributed by atoms with van der Waals surface area (Å²) in [4.78, 5) is 27.3. The third-order valence-corrected chi connectivity index (χ3v) is 5.23. The molecule has 3 aromatic rings. The maximum Gasteiger partial charge on any atom is 0.296 e. The Morgan fingerprint density at radius 3 is 2.57 bits per heavy atom. The van der Waals surface area contributed by atoms with E-state index < -0.39 is 17.7 Å². The number of amides is 1. The molecule has 1 aliphatic rings. The normalized spacial score (nSPS) is 18.1. The van der Waals surface area contributed by atoms with E-state index >= 15 is 0 Å². The average molecular weight is 424 g/mol. The molecule has 152 valence electrons. The first kappa shape index (κ1) is 19.8. The zero-order valence-electron chi connectivity index (χ0n) is 16.0. The number of ketones is 1. The van der Waals surface area contributed by atoms with E-state index in [9.17, 15) is 14.7 Å². The van der Waals surface area contributed by atoms with Gasteiger partial charge < -0.3 is 19.2 Å². The molecule has 1 atom stereocenters. The molecule has 0 spiro atoms. The summed E-state index contributed by atoms with van der Waals surface area (Å²) in [7, 11) is 1.53. The van der Waals surface area contributed by atoms with Crippen LogP contribution in [-0.2, 0) is 16.1 Å². The molecule has 1 saturated heterocycles. The zero-order chi connectivity index (χ0) is 21.3. The summed E-state index contributed by atoms with van der Waals surface area (Å²) in [6, 6.07) is 16.1. The van der Waals surface area contributed by atoms with Crippen LogP contribution in [0.3, 0.4) is 0 Å². The van der Waals surface area contributed by atoms with Crippen molar-refractivity contribution in [2.45, 2.75) is 12.6 Å². The fourth-order valence-electron chi connectivity index (χ4n) is 3.53. The predicted molar refractivity (Wildman–Crippen MR) is 111 cm³/mol. The van der Waals surface area contributed by atoms with E-state index in [0.717, 1.165) is 0 Å². The topological polar surface area (TPSA) is 80.0 Å². The standard InChI is InChI=1S/C23H18ClNO5/c1-29-17-5-2-4-15(12-17)20-19(21(26)14-7-9-16(24)10-8-14)22(27)23(28)25(20)13-18-6-3-11-30-18/h2-12,20,26H,13H2,1H3/t20-/m1/s1. The summed E-state index contributed by atoms with van der Waals surface area (Å²) in [5.74, 6) is -0.643. The minimum absolute atomic E-state index is 0.00197. The van der Waals surface area contributed by atoms with Gasteiger partial charge in [-0.2, -0.15) is 0 Å². The van der Waals surface area contributed by atoms with Crippen LogP contribution in [0.15, 0.2) is 76.9 Å². The smallest absolute Gasteiger partial charge is 0.296 e. The molecule has 0 saturated carbocycles. The second-order valence-electron chi connectivity index (χ2n) is 6.79. The van der Waals surface area contributed by atoms with Crippen molar-refractivity contribution in [1.82, 2.24) is 4.90 Å². The van der Waals surface area contributed by atoms with Crippen LogP contribution in [0.5, 0.6) is 5.75 Å². The summed E-state index contributed by atoms with van der Waals surface area (Å²) in [6.45, 7) is 0.0802. The average Bonchev–Trinajstić information content (AvgIpc) is 3.36. The largest absolute Gasteiger partial charge is 0.507 e. The second kappa shape index (κ2) is 8.08. The van der Waals surface area contributed by atoms with Gasteiger partial charge in [-0.25, -0.2) is 0 Å². The lowest BCUT2D eigenvalue weighted by Gasteiger charge is -2.24. The van der Waals surface area contributed by atoms with Gasteiger partial charge in [0.15, 0.2) is 0 Å². The Morgan fingerprint density at radius 1 is 1.13 bits per heavy atom. The highest BCUT2D eigenvalue weighted by Gasteiger charge is 2.46. The van der Waals surface area contributed by atoms with E-state index in [1.165, 1.54) is 18.3 Å². The number of aliphatic hydroxyl groups is 1. The van der Waals surface area contributed by atoms with Gasteiger partial charge in [0, 0.05) is 10.6 Å². The minimum Gasteiger partial charge on any atom is -0.507 e. The molecule has 1 N–H and O–H groups in total. The van der Waals surface area contributed by atoms with E-state index in [0.29, 0.717) is 27.7 Å². The lowest BCUT2D eigenvalue weighted by Crippen LogP contribution is -2.29. The minimum atomic E-state index is -0.805. The van der Waals surface area contributed by atoms with Gasteiger partial charge in [-0.3, -0.25) is 9.59 Å². The number of halogens is 1. The second-order valence-corrected chi connectivity index (χ2v) is 7.23. The molecular weight excluding hydrogens is 406 g/mol. The molecule has 0 aliphatic carbocycles. The van der Waals surface area contributed by atoms with Crippen LogP contribution in [0.1, 0.15) is 22.9 Å². The maximum absolute atomic E-state index is 13.0. The fraction of sp³-hybridized carbons (Fsp3) is 0.130. The SMILES string of the molecule is COc1cccc([C@@H]2C(=C(O)c3ccc(Cl)cc3)C(=O)C(=O)N2Cc2ccco2)c1. The molecule has 1 aliphatic heterocycles. The van der Waals surface area contributed by atoms with Gasteiger partial charge in [-0.05, 0) is 54.1 Å². The van der Waals surface area contributed by atoms with Crippen LogP contribution in [0.4, 0.5) is 0 Å². The summed E-state index contributed by atoms with van der Waals surface area (Å²) >= 11 is 5.94. The number of aliphatic hydroxyl groups excluding tert-OH is 1. The Morgan fingerprint density at radius 2 is 1.90 bits per heavy atom. The lowest BCUT2D eigenvalue weighted by atomic mass is 9.95. The van der Waals surface area contributed by atoms with Crippen molar-refractivity contribution in [3.63, 3.8) is 0 Å². The molecule has 4 rings (SSSR count). The van der Waals surface area contributed by atoms with Gasteiger partial charge in [-0.1, -0.05) is 23.7 Å². The molecule has 1 aromatic heterocycles. The monoisotopic (exact) mass is 423 g/mol. The number of carbonyl (C=O) groups excluding carboxylic acids is 2. The Balaban J connectivity index is 1.87. The highest BCUT2D eigenvalue weighted by Crippen LogP contribution is 2.41. The Hall–Kier alpha value is -3.51. The number of hydrogen-bond donors (Lipinski definition) is 1. The van der Waals surface area contributed by atoms with Crippen molar-refractivity contribution in [1.29, 1.82) is 0 Å². The summed E-state index contributed by atoms with van der Waals surface area (Å²) in [5, 5.41) is 11.5. The molecule has 1 fully saturated rings. The molecule has 30 heavy (non-hydrogen) atoms. The van der Waals surface area contributed by atoms with Gasteiger partial charge in [0.2, 0.25) is 0 Å². The van der Waals surface area contributed by atoms with Crippen LogP contribution >= 0.6 is 11.6 Å². The zero-order valence-corrected chi connectivity index (χ0v) is 16.8. The van der Waals surface area contributed by atoms with E-state index in [2.05, 4.69) is 0 Å². The van der Waals surface area contributed by atoms with Crippen molar-refractivity contribution in [2.24, 2.45) is 0 Å². The van der Waals surface area contributed by atoms with E-state index in [-0.39, 0.29) is 17.9 Å². The number of furan rings is 1. The van der Waals surface area contributed by atoms with Crippen LogP contribution in [0.2, 0.25) is 5.02 Å². The van der Waals surface area contributed by atoms with Crippen molar-refractivity contribution < 1.29 is 23.8 Å². The molecule has 0 radical (unpaired) electrons. The number of benzene rings is 2. The summed E-state index contributed by atoms with van der Waals surface area (Å²) in [5.41, 5.74) is 1.03. The highest BCUT2D eigenvalue weighted by molar-refractivity contribution is 6.46. The number of ether oxygens (including phenoxy) is 1. The van der Waals surface area contributed by atoms with E-state index in [1.54, 1.807) is 60.7 Å². The molecule has 0 bridgehead atoms. The first-order valence-corrected chi connectivity index (χ1v) is 9.58. The third-order valence-electron chi connectivity index (χ3n) is 4.97. The van der Waals surface area contributed by atoms with Crippen LogP contribution in [-0.4, -0.2) is 28.8 Å². The van der Waals surface area contributed by atoms with Crippen LogP contribution < -0.4 is 4.74 Å². The number of methoxy groups -OCH3 is 1. The number of rotatable bonds is 5. The van der Waals surface area contributed by atoms with Gasteiger partial charge in [0.1, 0.15) is 17.3 Å². The molecule has 7 heteroatoms. The summed E-state index contributed by atoms with van der Waals surface area (Å²) < 4.78 is 10.7. The van der Waals surface area contributed by atoms with Crippen LogP contribution in [0.25, 0.3) is 5.76 Å². The third kappa shape index (κ3) is 3.57. The molecule has 6 nitrogen and oxygen atoms in total. The fourth-order valence-corrected chi connectivity index (χ4v) is 3.66. The number of hydrogen-bond acceptors (Lipinski definition) is 5. The molecule has 2 heterocycles. The van der Waals surface area contributed by atoms with Crippen molar-refractivity contribution in [2.75, 3.05) is 7.11 Å². The van der Waals surface area contributed by atoms with Gasteiger partial charge >= 0.3 is 0 Å². The Labute approximate surface area is 177 Å². The quantitative estimate of drug-likeness (QED) is 0.369. The van der Waals surface area contributed by atoms with Crippen molar-refractivity contribution in [3.8, 4) is 5.75 Å². The van der Waals surface area contributed by atoms with Crippen LogP contribution in [0, 0.1) is 0 Å². The molecule has 1 amide bonds. The lowest BCUT2D eigenvalue weighted by molar-refractivity contribution is -0.140. The predicted octanol–water partition coefficient (Wildman–Crippen LogP) is 4.56. The number of likely N-dealkylation sites (tertiary alicyclic amines) is 1. The van der Waals surface area contributed by atoms with Crippen molar-refractivity contribution >= 4 is 29.1 Å². The Kier molecular flexibility index (Phi) is 5.33. The number of carbonyl (C=O) groups is 2. The first-order valence-electron chi connectivity index (χ1n) is 9.20. The van der Waals surface area contributed by atoms with Gasteiger partial charge in [0.25, 0.3) is 11.7 Å². The molecule has 0 unspecified atom stereocenters. The summed E-state index contributed by atoms with van der Waals surface area (Å²) in [6.07, 6.45) is 1.50. The maximum atomic E-state index is 13.0. The Bertz CT molecular complexity index is 1120. The molecule has 2 aromatic carbocycles. The number of nitrogens with zero attached hydrogens (tertiary/aromatic N) is 1. The van der Waals surface area contributed by atoms with Gasteiger partial charge in [0.05, 0.1) is 31.5 Å². The van der Waals surface area contributed by atoms with Gasteiger partial charge in [-0.15, -0.1) is 0 Å².